The van der Waals surface area contributed by atoms with E-state index >= 15 is 0 Å². The van der Waals surface area contributed by atoms with Gasteiger partial charge in [-0.2, -0.15) is 0 Å². The summed E-state index contributed by atoms with van der Waals surface area (Å²) in [6.07, 6.45) is 21.4. The fraction of sp³-hybridized carbons (Fsp3) is 0.486. The summed E-state index contributed by atoms with van der Waals surface area (Å²) in [6.45, 7) is 3.75. The molecule has 0 saturated carbocycles. The van der Waals surface area contributed by atoms with Crippen molar-refractivity contribution >= 4 is 23.4 Å². The van der Waals surface area contributed by atoms with Crippen LogP contribution in [0.15, 0.2) is 72.5 Å². The molecule has 0 fully saturated rings. The van der Waals surface area contributed by atoms with Gasteiger partial charge in [0.15, 0.2) is 0 Å². The van der Waals surface area contributed by atoms with Gasteiger partial charge in [-0.25, -0.2) is 0 Å². The minimum atomic E-state index is -0.392. The lowest BCUT2D eigenvalue weighted by atomic mass is 10.1. The van der Waals surface area contributed by atoms with Crippen LogP contribution in [0.25, 0.3) is 0 Å². The van der Waals surface area contributed by atoms with Gasteiger partial charge in [0.1, 0.15) is 5.75 Å². The molecule has 0 aromatic heterocycles. The number of halogens is 1. The van der Waals surface area contributed by atoms with Crippen LogP contribution in [0.4, 0.5) is 0 Å². The fourth-order valence-electron chi connectivity index (χ4n) is 4.98. The third-order valence-electron chi connectivity index (χ3n) is 7.56. The van der Waals surface area contributed by atoms with E-state index in [1.54, 1.807) is 42.5 Å². The van der Waals surface area contributed by atoms with Crippen molar-refractivity contribution in [3.8, 4) is 5.75 Å². The van der Waals surface area contributed by atoms with Crippen LogP contribution in [0, 0.1) is 0 Å². The molecule has 0 bridgehead atoms. The van der Waals surface area contributed by atoms with Gasteiger partial charge in [0.05, 0.1) is 18.2 Å². The highest BCUT2D eigenvalue weighted by Gasteiger charge is 2.27. The first kappa shape index (κ1) is 32.5. The summed E-state index contributed by atoms with van der Waals surface area (Å²) in [5.41, 5.74) is 1.70. The normalized spacial score (nSPS) is 12.8. The molecule has 0 unspecified atom stereocenters. The predicted octanol–water partition coefficient (Wildman–Crippen LogP) is 9.09. The average molecular weight is 579 g/mol. The van der Waals surface area contributed by atoms with Crippen LogP contribution in [0.2, 0.25) is 5.02 Å². The topological polar surface area (TPSA) is 49.9 Å². The second-order valence-corrected chi connectivity index (χ2v) is 11.3. The molecule has 0 atom stereocenters. The number of nitrogens with zero attached hydrogens (tertiary/aromatic N) is 2. The first-order valence-electron chi connectivity index (χ1n) is 15.4. The summed E-state index contributed by atoms with van der Waals surface area (Å²) in [6, 6.07) is 13.9. The molecule has 0 N–H and O–H groups in total. The van der Waals surface area contributed by atoms with Crippen molar-refractivity contribution in [1.82, 2.24) is 9.80 Å². The van der Waals surface area contributed by atoms with Crippen molar-refractivity contribution in [1.29, 1.82) is 0 Å². The average Bonchev–Trinajstić information content (AvgIpc) is 2.99. The molecule has 2 aromatic carbocycles. The molecule has 2 aromatic rings. The Morgan fingerprint density at radius 2 is 1.44 bits per heavy atom. The van der Waals surface area contributed by atoms with E-state index in [9.17, 15) is 9.59 Å². The smallest absolute Gasteiger partial charge is 0.261 e. The van der Waals surface area contributed by atoms with E-state index < -0.39 is 5.91 Å². The van der Waals surface area contributed by atoms with Crippen molar-refractivity contribution in [3.05, 3.63) is 88.6 Å². The number of imide groups is 1. The minimum Gasteiger partial charge on any atom is -0.492 e. The van der Waals surface area contributed by atoms with Gasteiger partial charge in [0.2, 0.25) is 0 Å². The third kappa shape index (κ3) is 11.0. The quantitative estimate of drug-likeness (QED) is 0.131. The number of benzene rings is 2. The largest absolute Gasteiger partial charge is 0.492 e. The Labute approximate surface area is 252 Å². The molecular weight excluding hydrogens is 532 g/mol. The van der Waals surface area contributed by atoms with E-state index in [-0.39, 0.29) is 12.5 Å². The first-order chi connectivity index (χ1) is 20.0. The van der Waals surface area contributed by atoms with Crippen molar-refractivity contribution < 1.29 is 14.3 Å². The fourth-order valence-corrected chi connectivity index (χ4v) is 5.22. The zero-order valence-corrected chi connectivity index (χ0v) is 25.7. The standard InChI is InChI=1S/C35H47ClN2O3/c1-3-4-5-6-7-8-9-10-11-12-13-19-26-41-33-24-23-30(27-32(33)36)35(40)38(28-31-22-17-18-25-37(31)2)34(39)29-20-15-14-16-21-29/h14-18,20-24,27H,3-13,19,25-26,28H2,1-2H3. The molecule has 1 heterocycles. The van der Waals surface area contributed by atoms with Crippen LogP contribution < -0.4 is 4.74 Å². The Morgan fingerprint density at radius 1 is 0.829 bits per heavy atom. The molecule has 0 radical (unpaired) electrons. The van der Waals surface area contributed by atoms with Crippen molar-refractivity contribution in [2.24, 2.45) is 0 Å². The molecule has 2 amide bonds. The van der Waals surface area contributed by atoms with E-state index in [0.29, 0.717) is 28.5 Å². The van der Waals surface area contributed by atoms with E-state index in [1.165, 1.54) is 69.1 Å². The van der Waals surface area contributed by atoms with Gasteiger partial charge in [-0.3, -0.25) is 14.5 Å². The first-order valence-corrected chi connectivity index (χ1v) is 15.8. The lowest BCUT2D eigenvalue weighted by Gasteiger charge is -2.29. The number of amides is 2. The van der Waals surface area contributed by atoms with Gasteiger partial charge in [0.25, 0.3) is 11.8 Å². The lowest BCUT2D eigenvalue weighted by Crippen LogP contribution is -2.41. The molecule has 6 heteroatoms. The molecule has 41 heavy (non-hydrogen) atoms. The van der Waals surface area contributed by atoms with Crippen LogP contribution in [0.1, 0.15) is 105 Å². The summed E-state index contributed by atoms with van der Waals surface area (Å²) in [5, 5.41) is 0.374. The number of allylic oxidation sites excluding steroid dienone is 2. The monoisotopic (exact) mass is 578 g/mol. The van der Waals surface area contributed by atoms with Crippen molar-refractivity contribution in [2.75, 3.05) is 26.7 Å². The van der Waals surface area contributed by atoms with Gasteiger partial charge in [-0.05, 0) is 42.8 Å². The number of likely N-dealkylation sites (N-methyl/N-ethyl adjacent to an activating group) is 1. The van der Waals surface area contributed by atoms with Crippen LogP contribution in [0.5, 0.6) is 5.75 Å². The van der Waals surface area contributed by atoms with Gasteiger partial charge in [0, 0.05) is 30.4 Å². The maximum Gasteiger partial charge on any atom is 0.261 e. The van der Waals surface area contributed by atoms with E-state index in [1.807, 2.05) is 36.2 Å². The summed E-state index contributed by atoms with van der Waals surface area (Å²) in [7, 11) is 1.95. The number of hydrogen-bond donors (Lipinski definition) is 0. The second-order valence-electron chi connectivity index (χ2n) is 10.9. The summed E-state index contributed by atoms with van der Waals surface area (Å²) < 4.78 is 5.93. The molecule has 3 rings (SSSR count). The lowest BCUT2D eigenvalue weighted by molar-refractivity contribution is 0.0621. The Hall–Kier alpha value is -3.05. The number of ether oxygens (including phenoxy) is 1. The second kappa shape index (κ2) is 18.4. The number of rotatable bonds is 18. The van der Waals surface area contributed by atoms with Crippen LogP contribution in [-0.2, 0) is 0 Å². The molecule has 0 spiro atoms. The summed E-state index contributed by atoms with van der Waals surface area (Å²) >= 11 is 6.53. The molecule has 0 saturated heterocycles. The highest BCUT2D eigenvalue weighted by Crippen LogP contribution is 2.27. The zero-order chi connectivity index (χ0) is 29.3. The minimum absolute atomic E-state index is 0.169. The number of unbranched alkanes of at least 4 members (excludes halogenated alkanes) is 11. The highest BCUT2D eigenvalue weighted by atomic mass is 35.5. The van der Waals surface area contributed by atoms with Crippen LogP contribution >= 0.6 is 11.6 Å². The van der Waals surface area contributed by atoms with Crippen LogP contribution in [-0.4, -0.2) is 48.4 Å². The summed E-state index contributed by atoms with van der Waals surface area (Å²) in [5.74, 6) is -0.174. The Bertz CT molecular complexity index is 1150. The molecular formula is C35H47ClN2O3. The Balaban J connectivity index is 1.48. The van der Waals surface area contributed by atoms with Crippen LogP contribution in [0.3, 0.4) is 0 Å². The molecule has 0 aliphatic carbocycles. The van der Waals surface area contributed by atoms with E-state index in [0.717, 1.165) is 25.1 Å². The molecule has 222 valence electrons. The molecule has 1 aliphatic rings. The highest BCUT2D eigenvalue weighted by molar-refractivity contribution is 6.32. The summed E-state index contributed by atoms with van der Waals surface area (Å²) in [4.78, 5) is 30.4. The van der Waals surface area contributed by atoms with Gasteiger partial charge in [-0.1, -0.05) is 120 Å². The maximum absolute atomic E-state index is 13.6. The van der Waals surface area contributed by atoms with Gasteiger partial charge < -0.3 is 9.64 Å². The number of carbonyl (C=O) groups is 2. The van der Waals surface area contributed by atoms with Crippen molar-refractivity contribution in [3.63, 3.8) is 0 Å². The predicted molar refractivity (Wildman–Crippen MR) is 170 cm³/mol. The van der Waals surface area contributed by atoms with E-state index in [2.05, 4.69) is 6.92 Å². The maximum atomic E-state index is 13.6. The van der Waals surface area contributed by atoms with Gasteiger partial charge in [-0.15, -0.1) is 0 Å². The third-order valence-corrected chi connectivity index (χ3v) is 7.86. The zero-order valence-electron chi connectivity index (χ0n) is 25.0. The van der Waals surface area contributed by atoms with Gasteiger partial charge >= 0.3 is 0 Å². The molecule has 5 nitrogen and oxygen atoms in total. The Kier molecular flexibility index (Phi) is 14.6. The molecule has 1 aliphatic heterocycles. The number of carbonyl (C=O) groups excluding carboxylic acids is 2. The SMILES string of the molecule is CCCCCCCCCCCCCCOc1ccc(C(=O)N(CC2=CC=CCN2C)C(=O)c2ccccc2)cc1Cl. The van der Waals surface area contributed by atoms with Crippen molar-refractivity contribution in [2.45, 2.75) is 84.0 Å². The number of hydrogen-bond acceptors (Lipinski definition) is 4. The Morgan fingerprint density at radius 3 is 2.05 bits per heavy atom. The van der Waals surface area contributed by atoms with E-state index in [4.69, 9.17) is 16.3 Å².